The molecule has 1 N–H and O–H groups in total. The lowest BCUT2D eigenvalue weighted by atomic mass is 10.0. The van der Waals surface area contributed by atoms with Crippen LogP contribution < -0.4 is 5.32 Å². The van der Waals surface area contributed by atoms with Crippen molar-refractivity contribution in [3.05, 3.63) is 24.3 Å². The van der Waals surface area contributed by atoms with Gasteiger partial charge in [0.25, 0.3) is 0 Å². The van der Waals surface area contributed by atoms with Crippen molar-refractivity contribution in [1.82, 2.24) is 0 Å². The normalized spacial score (nSPS) is 20.2. The molecule has 1 atom stereocenters. The van der Waals surface area contributed by atoms with Crippen molar-refractivity contribution in [2.75, 3.05) is 30.8 Å². The lowest BCUT2D eigenvalue weighted by Gasteiger charge is -2.22. The zero-order valence-electron chi connectivity index (χ0n) is 11.3. The number of rotatable bonds is 5. The van der Waals surface area contributed by atoms with Gasteiger partial charge in [-0.25, -0.2) is 8.42 Å². The van der Waals surface area contributed by atoms with Crippen molar-refractivity contribution in [2.45, 2.75) is 24.7 Å². The zero-order chi connectivity index (χ0) is 13.7. The minimum absolute atomic E-state index is 0.138. The molecule has 1 aromatic rings. The number of hydrogen-bond donors (Lipinski definition) is 1. The minimum Gasteiger partial charge on any atom is -0.385 e. The van der Waals surface area contributed by atoms with Gasteiger partial charge in [0.05, 0.1) is 17.3 Å². The van der Waals surface area contributed by atoms with Gasteiger partial charge in [0.15, 0.2) is 9.84 Å². The first-order valence-electron chi connectivity index (χ1n) is 6.76. The highest BCUT2D eigenvalue weighted by molar-refractivity contribution is 7.91. The van der Waals surface area contributed by atoms with Crippen molar-refractivity contribution < 1.29 is 13.2 Å². The second-order valence-electron chi connectivity index (χ2n) is 4.89. The van der Waals surface area contributed by atoms with Crippen molar-refractivity contribution >= 4 is 15.5 Å². The van der Waals surface area contributed by atoms with Gasteiger partial charge in [-0.3, -0.25) is 0 Å². The van der Waals surface area contributed by atoms with Crippen LogP contribution >= 0.6 is 0 Å². The molecule has 1 aliphatic heterocycles. The van der Waals surface area contributed by atoms with Gasteiger partial charge in [-0.1, -0.05) is 6.92 Å². The monoisotopic (exact) mass is 283 g/mol. The summed E-state index contributed by atoms with van der Waals surface area (Å²) in [6, 6.07) is 6.98. The largest absolute Gasteiger partial charge is 0.385 e. The molecule has 1 fully saturated rings. The summed E-state index contributed by atoms with van der Waals surface area (Å²) in [5.74, 6) is 0.687. The van der Waals surface area contributed by atoms with Crippen LogP contribution in [0.5, 0.6) is 0 Å². The van der Waals surface area contributed by atoms with Gasteiger partial charge >= 0.3 is 0 Å². The number of nitrogens with one attached hydrogen (secondary N) is 1. The van der Waals surface area contributed by atoms with Crippen molar-refractivity contribution in [3.8, 4) is 0 Å². The summed E-state index contributed by atoms with van der Waals surface area (Å²) in [5, 5.41) is 3.34. The zero-order valence-corrected chi connectivity index (χ0v) is 12.1. The van der Waals surface area contributed by atoms with Crippen LogP contribution in [0.3, 0.4) is 0 Å². The van der Waals surface area contributed by atoms with Gasteiger partial charge in [0.1, 0.15) is 0 Å². The van der Waals surface area contributed by atoms with E-state index in [1.165, 1.54) is 6.42 Å². The van der Waals surface area contributed by atoms with E-state index in [1.807, 2.05) is 12.1 Å². The first-order chi connectivity index (χ1) is 9.12. The molecule has 1 unspecified atom stereocenters. The number of anilines is 1. The Labute approximate surface area is 115 Å². The van der Waals surface area contributed by atoms with Gasteiger partial charge in [-0.15, -0.1) is 0 Å². The van der Waals surface area contributed by atoms with Gasteiger partial charge in [0, 0.05) is 18.8 Å². The first-order valence-corrected chi connectivity index (χ1v) is 8.41. The molecule has 0 aromatic heterocycles. The van der Waals surface area contributed by atoms with Gasteiger partial charge in [0.2, 0.25) is 0 Å². The van der Waals surface area contributed by atoms with E-state index in [0.29, 0.717) is 10.8 Å². The van der Waals surface area contributed by atoms with Crippen LogP contribution in [0.2, 0.25) is 0 Å². The summed E-state index contributed by atoms with van der Waals surface area (Å²) >= 11 is 0. The molecule has 0 amide bonds. The lowest BCUT2D eigenvalue weighted by molar-refractivity contribution is 0.0595. The third-order valence-corrected chi connectivity index (χ3v) is 5.19. The van der Waals surface area contributed by atoms with Gasteiger partial charge < -0.3 is 10.1 Å². The first kappa shape index (κ1) is 14.3. The van der Waals surface area contributed by atoms with Crippen LogP contribution in [-0.4, -0.2) is 33.9 Å². The predicted molar refractivity (Wildman–Crippen MR) is 76.2 cm³/mol. The summed E-state index contributed by atoms with van der Waals surface area (Å²) in [6.07, 6.45) is 2.31. The molecule has 0 bridgehead atoms. The van der Waals surface area contributed by atoms with Crippen molar-refractivity contribution in [1.29, 1.82) is 0 Å². The quantitative estimate of drug-likeness (QED) is 0.901. The summed E-state index contributed by atoms with van der Waals surface area (Å²) in [4.78, 5) is 0.390. The average Bonchev–Trinajstić information content (AvgIpc) is 2.47. The maximum Gasteiger partial charge on any atom is 0.178 e. The number of sulfone groups is 1. The molecule has 0 saturated carbocycles. The van der Waals surface area contributed by atoms with Crippen LogP contribution in [0.4, 0.5) is 5.69 Å². The molecule has 0 aliphatic carbocycles. The third kappa shape index (κ3) is 3.94. The number of benzene rings is 1. The van der Waals surface area contributed by atoms with E-state index in [1.54, 1.807) is 19.1 Å². The van der Waals surface area contributed by atoms with E-state index in [9.17, 15) is 8.42 Å². The van der Waals surface area contributed by atoms with Crippen molar-refractivity contribution in [3.63, 3.8) is 0 Å². The molecule has 4 nitrogen and oxygen atoms in total. The van der Waals surface area contributed by atoms with Gasteiger partial charge in [-0.2, -0.15) is 0 Å². The molecule has 0 radical (unpaired) electrons. The lowest BCUT2D eigenvalue weighted by Crippen LogP contribution is -2.24. The molecule has 0 spiro atoms. The van der Waals surface area contributed by atoms with Crippen molar-refractivity contribution in [2.24, 2.45) is 5.92 Å². The summed E-state index contributed by atoms with van der Waals surface area (Å²) in [5.41, 5.74) is 0.959. The van der Waals surface area contributed by atoms with E-state index >= 15 is 0 Å². The Kier molecular flexibility index (Phi) is 4.82. The highest BCUT2D eigenvalue weighted by Gasteiger charge is 2.14. The Morgan fingerprint density at radius 1 is 1.32 bits per heavy atom. The molecule has 2 rings (SSSR count). The Bertz CT molecular complexity index is 490. The predicted octanol–water partition coefficient (Wildman–Crippen LogP) is 2.32. The third-order valence-electron chi connectivity index (χ3n) is 3.44. The van der Waals surface area contributed by atoms with Crippen LogP contribution in [0.15, 0.2) is 29.2 Å². The molecular formula is C14H21NO3S. The molecule has 5 heteroatoms. The summed E-state index contributed by atoms with van der Waals surface area (Å²) in [6.45, 7) is 4.22. The molecular weight excluding hydrogens is 262 g/mol. The average molecular weight is 283 g/mol. The second kappa shape index (κ2) is 6.39. The molecule has 1 aliphatic rings. The standard InChI is InChI=1S/C14H21NO3S/c1-2-19(16,17)14-7-5-13(6-8-14)15-10-12-4-3-9-18-11-12/h5-8,12,15H,2-4,9-11H2,1H3. The fourth-order valence-electron chi connectivity index (χ4n) is 2.18. The summed E-state index contributed by atoms with van der Waals surface area (Å²) in [7, 11) is -3.10. The SMILES string of the molecule is CCS(=O)(=O)c1ccc(NCC2CCCOC2)cc1. The Morgan fingerprint density at radius 2 is 2.05 bits per heavy atom. The molecule has 1 aromatic carbocycles. The topological polar surface area (TPSA) is 55.4 Å². The highest BCUT2D eigenvalue weighted by Crippen LogP contribution is 2.18. The molecule has 106 valence electrons. The van der Waals surface area contributed by atoms with E-state index in [-0.39, 0.29) is 5.75 Å². The van der Waals surface area contributed by atoms with E-state index in [0.717, 1.165) is 31.9 Å². The van der Waals surface area contributed by atoms with E-state index < -0.39 is 9.84 Å². The fourth-order valence-corrected chi connectivity index (χ4v) is 3.06. The van der Waals surface area contributed by atoms with Gasteiger partial charge in [-0.05, 0) is 43.0 Å². The van der Waals surface area contributed by atoms with E-state index in [2.05, 4.69) is 5.32 Å². The number of ether oxygens (including phenoxy) is 1. The van der Waals surface area contributed by atoms with Crippen LogP contribution in [0.1, 0.15) is 19.8 Å². The maximum atomic E-state index is 11.7. The fraction of sp³-hybridized carbons (Fsp3) is 0.571. The van der Waals surface area contributed by atoms with Crippen LogP contribution in [0.25, 0.3) is 0 Å². The Balaban J connectivity index is 1.91. The number of hydrogen-bond acceptors (Lipinski definition) is 4. The second-order valence-corrected chi connectivity index (χ2v) is 7.17. The minimum atomic E-state index is -3.10. The van der Waals surface area contributed by atoms with E-state index in [4.69, 9.17) is 4.74 Å². The van der Waals surface area contributed by atoms with Crippen LogP contribution in [0, 0.1) is 5.92 Å². The summed E-state index contributed by atoms with van der Waals surface area (Å²) < 4.78 is 28.8. The smallest absolute Gasteiger partial charge is 0.178 e. The molecule has 1 saturated heterocycles. The Morgan fingerprint density at radius 3 is 2.63 bits per heavy atom. The maximum absolute atomic E-state index is 11.7. The van der Waals surface area contributed by atoms with Crippen LogP contribution in [-0.2, 0) is 14.6 Å². The Hall–Kier alpha value is -1.07. The highest BCUT2D eigenvalue weighted by atomic mass is 32.2. The molecule has 1 heterocycles. The molecule has 19 heavy (non-hydrogen) atoms.